The lowest BCUT2D eigenvalue weighted by molar-refractivity contribution is -0.00288. The van der Waals surface area contributed by atoms with Crippen LogP contribution in [0.2, 0.25) is 0 Å². The number of rotatable bonds is 2. The molecule has 1 aromatic carbocycles. The van der Waals surface area contributed by atoms with Crippen LogP contribution in [0.4, 0.5) is 4.79 Å². The zero-order chi connectivity index (χ0) is 19.9. The predicted molar refractivity (Wildman–Crippen MR) is 101 cm³/mol. The molecule has 0 bridgehead atoms. The number of fused-ring (bicyclic) bond motifs is 1. The van der Waals surface area contributed by atoms with Crippen molar-refractivity contribution in [3.63, 3.8) is 0 Å². The number of carbonyl (C=O) groups is 2. The molecule has 144 valence electrons. The second kappa shape index (κ2) is 6.72. The zero-order valence-corrected chi connectivity index (χ0v) is 16.2. The first-order valence-corrected chi connectivity index (χ1v) is 8.85. The van der Waals surface area contributed by atoms with Gasteiger partial charge in [-0.1, -0.05) is 17.7 Å². The Bertz CT molecular complexity index is 951. The maximum absolute atomic E-state index is 12.6. The smallest absolute Gasteiger partial charge is 0.410 e. The highest BCUT2D eigenvalue weighted by molar-refractivity contribution is 5.95. The van der Waals surface area contributed by atoms with Crippen LogP contribution >= 0.6 is 0 Å². The summed E-state index contributed by atoms with van der Waals surface area (Å²) in [7, 11) is 1.65. The lowest BCUT2D eigenvalue weighted by Crippen LogP contribution is -2.61. The topological polar surface area (TPSA) is 80.1 Å². The summed E-state index contributed by atoms with van der Waals surface area (Å²) in [5.74, 6) is -0.349. The molecule has 1 aliphatic heterocycles. The number of nitrogens with zero attached hydrogens (tertiary/aromatic N) is 2. The van der Waals surface area contributed by atoms with Crippen LogP contribution in [0.5, 0.6) is 0 Å². The number of likely N-dealkylation sites (N-methyl/N-ethyl adjacent to an activating group) is 1. The quantitative estimate of drug-likeness (QED) is 0.810. The Morgan fingerprint density at radius 1 is 1.22 bits per heavy atom. The molecule has 0 atom stereocenters. The lowest BCUT2D eigenvalue weighted by atomic mass is 10.1. The fourth-order valence-corrected chi connectivity index (χ4v) is 2.91. The number of aryl methyl sites for hydroxylation is 1. The fourth-order valence-electron chi connectivity index (χ4n) is 2.91. The highest BCUT2D eigenvalue weighted by Gasteiger charge is 2.38. The van der Waals surface area contributed by atoms with Gasteiger partial charge in [-0.05, 0) is 45.2 Å². The minimum Gasteiger partial charge on any atom is -0.444 e. The number of hydrogen-bond donors (Lipinski definition) is 0. The second-order valence-corrected chi connectivity index (χ2v) is 7.94. The van der Waals surface area contributed by atoms with Crippen molar-refractivity contribution in [3.05, 3.63) is 46.0 Å². The highest BCUT2D eigenvalue weighted by Crippen LogP contribution is 2.21. The molecule has 1 aromatic heterocycles. The molecule has 0 N–H and O–H groups in total. The van der Waals surface area contributed by atoms with E-state index in [1.807, 2.05) is 13.0 Å². The molecule has 7 heteroatoms. The molecule has 2 aromatic rings. The minimum absolute atomic E-state index is 0.00900. The molecular weight excluding hydrogens is 348 g/mol. The molecular formula is C20H24N2O5. The number of carbonyl (C=O) groups excluding carboxylic acids is 2. The Balaban J connectivity index is 1.69. The molecule has 1 fully saturated rings. The van der Waals surface area contributed by atoms with E-state index in [9.17, 15) is 14.4 Å². The normalized spacial score (nSPS) is 14.8. The van der Waals surface area contributed by atoms with Gasteiger partial charge in [0.1, 0.15) is 5.60 Å². The fraction of sp³-hybridized carbons (Fsp3) is 0.450. The third-order valence-electron chi connectivity index (χ3n) is 4.51. The molecule has 7 nitrogen and oxygen atoms in total. The Morgan fingerprint density at radius 3 is 2.52 bits per heavy atom. The standard InChI is InChI=1S/C20H24N2O5/c1-12-6-7-13-9-16(26-18(24)15(13)8-12)17(23)22-10-14(11-22)21(5)19(25)27-20(2,3)4/h6-9,14H,10-11H2,1-5H3. The first-order chi connectivity index (χ1) is 12.5. The van der Waals surface area contributed by atoms with Gasteiger partial charge in [0.05, 0.1) is 11.4 Å². The third-order valence-corrected chi connectivity index (χ3v) is 4.51. The molecule has 27 heavy (non-hydrogen) atoms. The summed E-state index contributed by atoms with van der Waals surface area (Å²) in [4.78, 5) is 39.9. The largest absolute Gasteiger partial charge is 0.444 e. The number of amides is 2. The predicted octanol–water partition coefficient (Wildman–Crippen LogP) is 2.79. The van der Waals surface area contributed by atoms with Crippen molar-refractivity contribution in [2.75, 3.05) is 20.1 Å². The van der Waals surface area contributed by atoms with Gasteiger partial charge in [0.25, 0.3) is 5.91 Å². The Morgan fingerprint density at radius 2 is 1.89 bits per heavy atom. The van der Waals surface area contributed by atoms with Crippen molar-refractivity contribution >= 4 is 22.8 Å². The third kappa shape index (κ3) is 3.97. The second-order valence-electron chi connectivity index (χ2n) is 7.94. The maximum atomic E-state index is 12.6. The van der Waals surface area contributed by atoms with Gasteiger partial charge in [-0.2, -0.15) is 0 Å². The van der Waals surface area contributed by atoms with E-state index >= 15 is 0 Å². The minimum atomic E-state index is -0.572. The van der Waals surface area contributed by atoms with E-state index in [4.69, 9.17) is 9.15 Å². The molecule has 0 unspecified atom stereocenters. The van der Waals surface area contributed by atoms with E-state index in [0.717, 1.165) is 5.56 Å². The zero-order valence-electron chi connectivity index (χ0n) is 16.2. The lowest BCUT2D eigenvalue weighted by Gasteiger charge is -2.43. The van der Waals surface area contributed by atoms with Crippen LogP contribution < -0.4 is 5.63 Å². The van der Waals surface area contributed by atoms with E-state index in [0.29, 0.717) is 23.9 Å². The first-order valence-electron chi connectivity index (χ1n) is 8.85. The molecule has 2 amide bonds. The van der Waals surface area contributed by atoms with Gasteiger partial charge in [0.2, 0.25) is 0 Å². The number of ether oxygens (including phenoxy) is 1. The average Bonchev–Trinajstić information content (AvgIpc) is 2.52. The maximum Gasteiger partial charge on any atom is 0.410 e. The summed E-state index contributed by atoms with van der Waals surface area (Å²) in [5, 5.41) is 1.13. The molecule has 1 saturated heterocycles. The van der Waals surface area contributed by atoms with Crippen LogP contribution in [-0.2, 0) is 4.74 Å². The summed E-state index contributed by atoms with van der Waals surface area (Å²) >= 11 is 0. The van der Waals surface area contributed by atoms with Gasteiger partial charge in [-0.15, -0.1) is 0 Å². The van der Waals surface area contributed by atoms with Crippen LogP contribution in [0.1, 0.15) is 36.9 Å². The van der Waals surface area contributed by atoms with Crippen LogP contribution in [0.15, 0.2) is 33.5 Å². The molecule has 0 radical (unpaired) electrons. The van der Waals surface area contributed by atoms with Gasteiger partial charge in [0.15, 0.2) is 5.76 Å². The number of benzene rings is 1. The molecule has 2 heterocycles. The Labute approximate surface area is 157 Å². The first kappa shape index (κ1) is 18.9. The van der Waals surface area contributed by atoms with Crippen molar-refractivity contribution < 1.29 is 18.7 Å². The van der Waals surface area contributed by atoms with E-state index in [1.54, 1.807) is 50.9 Å². The average molecular weight is 372 g/mol. The van der Waals surface area contributed by atoms with Crippen LogP contribution in [0.3, 0.4) is 0 Å². The molecule has 0 saturated carbocycles. The summed E-state index contributed by atoms with van der Waals surface area (Å²) in [6, 6.07) is 6.88. The summed E-state index contributed by atoms with van der Waals surface area (Å²) < 4.78 is 10.6. The number of likely N-dealkylation sites (tertiary alicyclic amines) is 1. The van der Waals surface area contributed by atoms with Gasteiger partial charge in [-0.3, -0.25) is 4.79 Å². The molecule has 1 aliphatic rings. The Kier molecular flexibility index (Phi) is 4.71. The molecule has 0 spiro atoms. The monoisotopic (exact) mass is 372 g/mol. The van der Waals surface area contributed by atoms with Gasteiger partial charge in [0, 0.05) is 20.1 Å². The van der Waals surface area contributed by atoms with Crippen molar-refractivity contribution in [1.82, 2.24) is 9.80 Å². The number of hydrogen-bond acceptors (Lipinski definition) is 5. The Hall–Kier alpha value is -2.83. The van der Waals surface area contributed by atoms with Crippen LogP contribution in [0.25, 0.3) is 10.8 Å². The van der Waals surface area contributed by atoms with Gasteiger partial charge >= 0.3 is 11.7 Å². The summed E-state index contributed by atoms with van der Waals surface area (Å²) in [6.45, 7) is 8.03. The van der Waals surface area contributed by atoms with Crippen molar-refractivity contribution in [1.29, 1.82) is 0 Å². The van der Waals surface area contributed by atoms with E-state index in [-0.39, 0.29) is 17.7 Å². The van der Waals surface area contributed by atoms with E-state index in [1.165, 1.54) is 4.90 Å². The highest BCUT2D eigenvalue weighted by atomic mass is 16.6. The molecule has 3 rings (SSSR count). The van der Waals surface area contributed by atoms with Gasteiger partial charge in [-0.25, -0.2) is 9.59 Å². The van der Waals surface area contributed by atoms with Crippen LogP contribution in [0, 0.1) is 6.92 Å². The SMILES string of the molecule is Cc1ccc2cc(C(=O)N3CC(N(C)C(=O)OC(C)(C)C)C3)oc(=O)c2c1. The van der Waals surface area contributed by atoms with Gasteiger partial charge < -0.3 is 19.0 Å². The summed E-state index contributed by atoms with van der Waals surface area (Å²) in [5.41, 5.74) is -0.149. The van der Waals surface area contributed by atoms with E-state index in [2.05, 4.69) is 0 Å². The summed E-state index contributed by atoms with van der Waals surface area (Å²) in [6.07, 6.45) is -0.424. The van der Waals surface area contributed by atoms with Crippen molar-refractivity contribution in [2.24, 2.45) is 0 Å². The van der Waals surface area contributed by atoms with Crippen molar-refractivity contribution in [3.8, 4) is 0 Å². The van der Waals surface area contributed by atoms with Crippen LogP contribution in [-0.4, -0.2) is 53.6 Å². The van der Waals surface area contributed by atoms with Crippen molar-refractivity contribution in [2.45, 2.75) is 39.3 Å². The van der Waals surface area contributed by atoms with E-state index < -0.39 is 17.3 Å². The molecule has 0 aliphatic carbocycles.